The van der Waals surface area contributed by atoms with E-state index in [-0.39, 0.29) is 6.04 Å². The molecule has 3 heteroatoms. The molecule has 3 nitrogen and oxygen atoms in total. The monoisotopic (exact) mass is 191 g/mol. The number of hydrazine groups is 1. The highest BCUT2D eigenvalue weighted by atomic mass is 15.2. The molecule has 2 rings (SSSR count). The van der Waals surface area contributed by atoms with Crippen LogP contribution in [0.5, 0.6) is 0 Å². The first-order valence-corrected chi connectivity index (χ1v) is 5.17. The number of rotatable bonds is 4. The first-order valence-electron chi connectivity index (χ1n) is 5.17. The normalized spacial score (nSPS) is 18.1. The number of nitrogens with two attached hydrogens (primary N) is 1. The van der Waals surface area contributed by atoms with E-state index in [2.05, 4.69) is 23.4 Å². The fraction of sp³-hybridized carbons (Fsp3) is 0.545. The smallest absolute Gasteiger partial charge is 0.0477 e. The SMILES string of the molecule is Cc1cncc(C(CC2CC2)NN)c1. The summed E-state index contributed by atoms with van der Waals surface area (Å²) in [4.78, 5) is 4.19. The number of nitrogens with one attached hydrogen (secondary N) is 1. The zero-order chi connectivity index (χ0) is 9.97. The minimum atomic E-state index is 0.273. The van der Waals surface area contributed by atoms with Gasteiger partial charge in [-0.3, -0.25) is 16.3 Å². The van der Waals surface area contributed by atoms with Gasteiger partial charge in [0.1, 0.15) is 0 Å². The van der Waals surface area contributed by atoms with Crippen LogP contribution in [0.3, 0.4) is 0 Å². The maximum atomic E-state index is 5.55. The van der Waals surface area contributed by atoms with E-state index in [0.717, 1.165) is 12.3 Å². The summed E-state index contributed by atoms with van der Waals surface area (Å²) in [6, 6.07) is 2.43. The van der Waals surface area contributed by atoms with E-state index in [1.807, 2.05) is 12.4 Å². The number of aryl methyl sites for hydroxylation is 1. The number of hydrogen-bond acceptors (Lipinski definition) is 3. The van der Waals surface area contributed by atoms with Crippen molar-refractivity contribution in [1.82, 2.24) is 10.4 Å². The molecule has 14 heavy (non-hydrogen) atoms. The van der Waals surface area contributed by atoms with Crippen molar-refractivity contribution in [3.8, 4) is 0 Å². The molecule has 1 unspecified atom stereocenters. The summed E-state index contributed by atoms with van der Waals surface area (Å²) in [7, 11) is 0. The van der Waals surface area contributed by atoms with Gasteiger partial charge in [-0.05, 0) is 30.4 Å². The third-order valence-corrected chi connectivity index (χ3v) is 2.77. The Hall–Kier alpha value is -0.930. The standard InChI is InChI=1S/C11H17N3/c1-8-4-10(7-13-6-8)11(14-12)5-9-2-3-9/h4,6-7,9,11,14H,2-3,5,12H2,1H3. The first-order chi connectivity index (χ1) is 6.79. The van der Waals surface area contributed by atoms with Gasteiger partial charge >= 0.3 is 0 Å². The lowest BCUT2D eigenvalue weighted by molar-refractivity contribution is 0.485. The number of aromatic nitrogens is 1. The number of nitrogens with zero attached hydrogens (tertiary/aromatic N) is 1. The maximum Gasteiger partial charge on any atom is 0.0477 e. The van der Waals surface area contributed by atoms with Crippen LogP contribution in [0.25, 0.3) is 0 Å². The molecular formula is C11H17N3. The van der Waals surface area contributed by atoms with Gasteiger partial charge in [-0.25, -0.2) is 0 Å². The van der Waals surface area contributed by atoms with Gasteiger partial charge in [0, 0.05) is 18.4 Å². The average molecular weight is 191 g/mol. The highest BCUT2D eigenvalue weighted by Crippen LogP contribution is 2.37. The van der Waals surface area contributed by atoms with E-state index >= 15 is 0 Å². The predicted octanol–water partition coefficient (Wildman–Crippen LogP) is 1.69. The second-order valence-electron chi connectivity index (χ2n) is 4.19. The quantitative estimate of drug-likeness (QED) is 0.562. The Morgan fingerprint density at radius 2 is 2.36 bits per heavy atom. The molecule has 1 aliphatic carbocycles. The van der Waals surface area contributed by atoms with Gasteiger partial charge in [0.05, 0.1) is 0 Å². The van der Waals surface area contributed by atoms with E-state index < -0.39 is 0 Å². The van der Waals surface area contributed by atoms with Crippen molar-refractivity contribution < 1.29 is 0 Å². The zero-order valence-electron chi connectivity index (χ0n) is 8.53. The predicted molar refractivity (Wildman–Crippen MR) is 56.4 cm³/mol. The van der Waals surface area contributed by atoms with Crippen molar-refractivity contribution in [2.45, 2.75) is 32.2 Å². The maximum absolute atomic E-state index is 5.55. The van der Waals surface area contributed by atoms with Crippen LogP contribution in [0.2, 0.25) is 0 Å². The van der Waals surface area contributed by atoms with Gasteiger partial charge in [0.15, 0.2) is 0 Å². The minimum absolute atomic E-state index is 0.273. The Morgan fingerprint density at radius 1 is 1.57 bits per heavy atom. The molecule has 1 fully saturated rings. The van der Waals surface area contributed by atoms with E-state index in [1.54, 1.807) is 0 Å². The molecule has 1 saturated carbocycles. The van der Waals surface area contributed by atoms with Gasteiger partial charge in [-0.15, -0.1) is 0 Å². The van der Waals surface area contributed by atoms with Gasteiger partial charge in [0.25, 0.3) is 0 Å². The highest BCUT2D eigenvalue weighted by Gasteiger charge is 2.25. The summed E-state index contributed by atoms with van der Waals surface area (Å²) in [5.41, 5.74) is 5.28. The molecule has 0 spiro atoms. The Kier molecular flexibility index (Phi) is 2.79. The molecule has 3 N–H and O–H groups in total. The summed E-state index contributed by atoms with van der Waals surface area (Å²) in [5.74, 6) is 6.42. The largest absolute Gasteiger partial charge is 0.271 e. The third kappa shape index (κ3) is 2.30. The highest BCUT2D eigenvalue weighted by molar-refractivity contribution is 5.20. The van der Waals surface area contributed by atoms with Crippen LogP contribution >= 0.6 is 0 Å². The third-order valence-electron chi connectivity index (χ3n) is 2.77. The molecule has 1 aliphatic rings. The van der Waals surface area contributed by atoms with Crippen molar-refractivity contribution in [3.63, 3.8) is 0 Å². The van der Waals surface area contributed by atoms with Crippen LogP contribution in [0.1, 0.15) is 36.4 Å². The lowest BCUT2D eigenvalue weighted by atomic mass is 10.0. The molecule has 1 heterocycles. The van der Waals surface area contributed by atoms with Gasteiger partial charge in [0.2, 0.25) is 0 Å². The van der Waals surface area contributed by atoms with Gasteiger partial charge < -0.3 is 0 Å². The van der Waals surface area contributed by atoms with Crippen LogP contribution < -0.4 is 11.3 Å². The van der Waals surface area contributed by atoms with E-state index in [0.29, 0.717) is 0 Å². The second kappa shape index (κ2) is 4.07. The van der Waals surface area contributed by atoms with E-state index in [4.69, 9.17) is 5.84 Å². The van der Waals surface area contributed by atoms with Crippen molar-refractivity contribution in [2.75, 3.05) is 0 Å². The van der Waals surface area contributed by atoms with Crippen molar-refractivity contribution in [3.05, 3.63) is 29.6 Å². The zero-order valence-corrected chi connectivity index (χ0v) is 8.53. The van der Waals surface area contributed by atoms with Crippen molar-refractivity contribution in [1.29, 1.82) is 0 Å². The summed E-state index contributed by atoms with van der Waals surface area (Å²) < 4.78 is 0. The lowest BCUT2D eigenvalue weighted by Gasteiger charge is -2.15. The molecule has 0 saturated heterocycles. The van der Waals surface area contributed by atoms with Crippen LogP contribution in [0.4, 0.5) is 0 Å². The molecule has 0 radical (unpaired) electrons. The average Bonchev–Trinajstić information content (AvgIpc) is 2.98. The molecule has 1 atom stereocenters. The van der Waals surface area contributed by atoms with Crippen LogP contribution in [0, 0.1) is 12.8 Å². The molecule has 1 aromatic rings. The van der Waals surface area contributed by atoms with Crippen LogP contribution in [0.15, 0.2) is 18.5 Å². The topological polar surface area (TPSA) is 50.9 Å². The van der Waals surface area contributed by atoms with Crippen LogP contribution in [-0.2, 0) is 0 Å². The Bertz CT molecular complexity index is 307. The second-order valence-corrected chi connectivity index (χ2v) is 4.19. The Labute approximate surface area is 84.7 Å². The molecule has 0 aliphatic heterocycles. The number of pyridine rings is 1. The van der Waals surface area contributed by atoms with E-state index in [9.17, 15) is 0 Å². The minimum Gasteiger partial charge on any atom is -0.271 e. The lowest BCUT2D eigenvalue weighted by Crippen LogP contribution is -2.28. The van der Waals surface area contributed by atoms with Crippen LogP contribution in [-0.4, -0.2) is 4.98 Å². The Balaban J connectivity index is 2.08. The summed E-state index contributed by atoms with van der Waals surface area (Å²) in [5, 5.41) is 0. The van der Waals surface area contributed by atoms with Gasteiger partial charge in [-0.2, -0.15) is 0 Å². The molecule has 0 amide bonds. The molecule has 1 aromatic heterocycles. The fourth-order valence-electron chi connectivity index (χ4n) is 1.76. The summed E-state index contributed by atoms with van der Waals surface area (Å²) >= 11 is 0. The molecule has 0 aromatic carbocycles. The molecule has 76 valence electrons. The first kappa shape index (κ1) is 9.62. The Morgan fingerprint density at radius 3 is 2.93 bits per heavy atom. The van der Waals surface area contributed by atoms with Crippen molar-refractivity contribution >= 4 is 0 Å². The molecular weight excluding hydrogens is 174 g/mol. The number of hydrogen-bond donors (Lipinski definition) is 2. The summed E-state index contributed by atoms with van der Waals surface area (Å²) in [6.45, 7) is 2.06. The fourth-order valence-corrected chi connectivity index (χ4v) is 1.76. The van der Waals surface area contributed by atoms with Gasteiger partial charge in [-0.1, -0.05) is 18.9 Å². The van der Waals surface area contributed by atoms with Crippen molar-refractivity contribution in [2.24, 2.45) is 11.8 Å². The van der Waals surface area contributed by atoms with E-state index in [1.165, 1.54) is 24.0 Å². The molecule has 0 bridgehead atoms. The summed E-state index contributed by atoms with van der Waals surface area (Å²) in [6.07, 6.45) is 7.63.